The van der Waals surface area contributed by atoms with E-state index in [1.165, 1.54) is 29.8 Å². The molecule has 0 amide bonds. The van der Waals surface area contributed by atoms with Crippen LogP contribution in [-0.2, 0) is 0 Å². The van der Waals surface area contributed by atoms with E-state index in [-0.39, 0.29) is 11.6 Å². The molecule has 1 N–H and O–H groups in total. The quantitative estimate of drug-likeness (QED) is 0.822. The van der Waals surface area contributed by atoms with Gasteiger partial charge in [-0.15, -0.1) is 0 Å². The van der Waals surface area contributed by atoms with Crippen LogP contribution in [0.25, 0.3) is 0 Å². The normalized spacial score (nSPS) is 21.4. The second kappa shape index (κ2) is 5.52. The Hall–Kier alpha value is -1.42. The van der Waals surface area contributed by atoms with Crippen molar-refractivity contribution in [2.45, 2.75) is 24.8 Å². The first kappa shape index (κ1) is 13.6. The average molecular weight is 338 g/mol. The zero-order valence-electron chi connectivity index (χ0n) is 10.7. The third-order valence-electron chi connectivity index (χ3n) is 3.77. The number of anilines is 1. The van der Waals surface area contributed by atoms with Crippen molar-refractivity contribution in [3.05, 3.63) is 64.1 Å². The molecule has 0 saturated heterocycles. The van der Waals surface area contributed by atoms with E-state index < -0.39 is 0 Å². The lowest BCUT2D eigenvalue weighted by Gasteiger charge is -2.37. The molecule has 1 nitrogen and oxygen atoms in total. The molecule has 0 unspecified atom stereocenters. The molecular weight excluding hydrogens is 324 g/mol. The second-order valence-electron chi connectivity index (χ2n) is 5.19. The van der Waals surface area contributed by atoms with Crippen LogP contribution in [0.5, 0.6) is 0 Å². The largest absolute Gasteiger partial charge is 0.381 e. The molecule has 0 aliphatic heterocycles. The van der Waals surface area contributed by atoms with Gasteiger partial charge in [0.2, 0.25) is 0 Å². The molecule has 20 heavy (non-hydrogen) atoms. The predicted molar refractivity (Wildman–Crippen MR) is 79.9 cm³/mol. The van der Waals surface area contributed by atoms with Crippen LogP contribution in [0.1, 0.15) is 24.3 Å². The topological polar surface area (TPSA) is 12.0 Å². The fourth-order valence-corrected chi connectivity index (χ4v) is 2.93. The molecule has 1 saturated carbocycles. The van der Waals surface area contributed by atoms with Gasteiger partial charge in [-0.2, -0.15) is 0 Å². The summed E-state index contributed by atoms with van der Waals surface area (Å²) >= 11 is 3.41. The van der Waals surface area contributed by atoms with Crippen molar-refractivity contribution in [1.82, 2.24) is 0 Å². The van der Waals surface area contributed by atoms with Gasteiger partial charge in [-0.1, -0.05) is 12.1 Å². The van der Waals surface area contributed by atoms with Crippen molar-refractivity contribution in [3.8, 4) is 0 Å². The first-order valence-corrected chi connectivity index (χ1v) is 7.38. The number of hydrogen-bond donors (Lipinski definition) is 1. The van der Waals surface area contributed by atoms with Gasteiger partial charge >= 0.3 is 0 Å². The van der Waals surface area contributed by atoms with E-state index in [4.69, 9.17) is 0 Å². The maximum absolute atomic E-state index is 13.2. The van der Waals surface area contributed by atoms with Gasteiger partial charge in [0.1, 0.15) is 11.6 Å². The van der Waals surface area contributed by atoms with E-state index in [9.17, 15) is 8.78 Å². The Labute approximate surface area is 125 Å². The van der Waals surface area contributed by atoms with Crippen LogP contribution < -0.4 is 5.32 Å². The fourth-order valence-electron chi connectivity index (χ4n) is 2.57. The Balaban J connectivity index is 1.60. The van der Waals surface area contributed by atoms with Gasteiger partial charge in [-0.25, -0.2) is 8.78 Å². The van der Waals surface area contributed by atoms with Crippen LogP contribution in [0, 0.1) is 11.6 Å². The molecule has 2 aromatic rings. The van der Waals surface area contributed by atoms with Crippen molar-refractivity contribution >= 4 is 21.6 Å². The number of rotatable bonds is 3. The molecule has 4 heteroatoms. The van der Waals surface area contributed by atoms with Crippen molar-refractivity contribution in [1.29, 1.82) is 0 Å². The standard InChI is InChI=1S/C16H14BrF2N/c17-15-6-5-13(19)9-16(15)20-14-7-11(8-14)10-1-3-12(18)4-2-10/h1-6,9,11,14,20H,7-8H2. The van der Waals surface area contributed by atoms with E-state index >= 15 is 0 Å². The summed E-state index contributed by atoms with van der Waals surface area (Å²) in [6, 6.07) is 11.6. The molecule has 1 aliphatic carbocycles. The number of nitrogens with one attached hydrogen (secondary N) is 1. The minimum atomic E-state index is -0.245. The zero-order valence-corrected chi connectivity index (χ0v) is 12.3. The highest BCUT2D eigenvalue weighted by Crippen LogP contribution is 2.39. The van der Waals surface area contributed by atoms with Crippen molar-refractivity contribution in [3.63, 3.8) is 0 Å². The molecule has 104 valence electrons. The van der Waals surface area contributed by atoms with E-state index in [2.05, 4.69) is 21.2 Å². The summed E-state index contributed by atoms with van der Waals surface area (Å²) in [7, 11) is 0. The molecule has 0 atom stereocenters. The van der Waals surface area contributed by atoms with Crippen LogP contribution in [0.15, 0.2) is 46.9 Å². The van der Waals surface area contributed by atoms with Gasteiger partial charge in [0.25, 0.3) is 0 Å². The van der Waals surface area contributed by atoms with Gasteiger partial charge in [-0.3, -0.25) is 0 Å². The van der Waals surface area contributed by atoms with Crippen molar-refractivity contribution in [2.24, 2.45) is 0 Å². The lowest BCUT2D eigenvalue weighted by molar-refractivity contribution is 0.373. The Morgan fingerprint density at radius 2 is 1.60 bits per heavy atom. The maximum Gasteiger partial charge on any atom is 0.125 e. The van der Waals surface area contributed by atoms with Gasteiger partial charge in [-0.05, 0) is 70.6 Å². The SMILES string of the molecule is Fc1ccc(C2CC(Nc3cc(F)ccc3Br)C2)cc1. The first-order chi connectivity index (χ1) is 9.61. The summed E-state index contributed by atoms with van der Waals surface area (Å²) in [5.74, 6) is 0.0111. The molecule has 0 bridgehead atoms. The van der Waals surface area contributed by atoms with Crippen LogP contribution >= 0.6 is 15.9 Å². The van der Waals surface area contributed by atoms with Crippen LogP contribution in [0.3, 0.4) is 0 Å². The summed E-state index contributed by atoms with van der Waals surface area (Å²) in [6.07, 6.45) is 1.96. The highest BCUT2D eigenvalue weighted by molar-refractivity contribution is 9.10. The Kier molecular flexibility index (Phi) is 3.74. The summed E-state index contributed by atoms with van der Waals surface area (Å²) in [6.45, 7) is 0. The molecule has 0 spiro atoms. The smallest absolute Gasteiger partial charge is 0.125 e. The number of benzene rings is 2. The second-order valence-corrected chi connectivity index (χ2v) is 6.04. The zero-order chi connectivity index (χ0) is 14.1. The summed E-state index contributed by atoms with van der Waals surface area (Å²) in [5, 5.41) is 3.34. The first-order valence-electron chi connectivity index (χ1n) is 6.59. The third kappa shape index (κ3) is 2.85. The maximum atomic E-state index is 13.2. The van der Waals surface area contributed by atoms with Crippen LogP contribution in [-0.4, -0.2) is 6.04 Å². The summed E-state index contributed by atoms with van der Waals surface area (Å²) in [4.78, 5) is 0. The molecule has 0 heterocycles. The lowest BCUT2D eigenvalue weighted by atomic mass is 9.76. The van der Waals surface area contributed by atoms with Gasteiger partial charge in [0, 0.05) is 10.5 Å². The van der Waals surface area contributed by atoms with E-state index in [0.29, 0.717) is 12.0 Å². The van der Waals surface area contributed by atoms with Crippen molar-refractivity contribution < 1.29 is 8.78 Å². The highest BCUT2D eigenvalue weighted by Gasteiger charge is 2.30. The average Bonchev–Trinajstić information content (AvgIpc) is 2.39. The Bertz CT molecular complexity index is 606. The molecule has 1 fully saturated rings. The third-order valence-corrected chi connectivity index (χ3v) is 4.46. The van der Waals surface area contributed by atoms with Crippen LogP contribution in [0.4, 0.5) is 14.5 Å². The van der Waals surface area contributed by atoms with Crippen LogP contribution in [0.2, 0.25) is 0 Å². The number of hydrogen-bond acceptors (Lipinski definition) is 1. The van der Waals surface area contributed by atoms with E-state index in [1.54, 1.807) is 6.07 Å². The minimum absolute atomic E-state index is 0.202. The van der Waals surface area contributed by atoms with Gasteiger partial charge in [0.05, 0.1) is 5.69 Å². The van der Waals surface area contributed by atoms with Gasteiger partial charge in [0.15, 0.2) is 0 Å². The highest BCUT2D eigenvalue weighted by atomic mass is 79.9. The fraction of sp³-hybridized carbons (Fsp3) is 0.250. The molecule has 3 rings (SSSR count). The van der Waals surface area contributed by atoms with E-state index in [1.807, 2.05) is 12.1 Å². The summed E-state index contributed by atoms with van der Waals surface area (Å²) < 4.78 is 26.9. The van der Waals surface area contributed by atoms with Gasteiger partial charge < -0.3 is 5.32 Å². The molecule has 1 aliphatic rings. The monoisotopic (exact) mass is 337 g/mol. The van der Waals surface area contributed by atoms with E-state index in [0.717, 1.165) is 23.0 Å². The Morgan fingerprint density at radius 1 is 0.950 bits per heavy atom. The molecule has 0 radical (unpaired) electrons. The Morgan fingerprint density at radius 3 is 2.30 bits per heavy atom. The molecule has 0 aromatic heterocycles. The number of halogens is 3. The minimum Gasteiger partial charge on any atom is -0.381 e. The van der Waals surface area contributed by atoms with Crippen molar-refractivity contribution in [2.75, 3.05) is 5.32 Å². The lowest BCUT2D eigenvalue weighted by Crippen LogP contribution is -2.34. The molecule has 2 aromatic carbocycles. The molecular formula is C16H14BrF2N. The summed E-state index contributed by atoms with van der Waals surface area (Å²) in [5.41, 5.74) is 1.95. The predicted octanol–water partition coefficient (Wildman–Crippen LogP) is 5.09.